The van der Waals surface area contributed by atoms with Gasteiger partial charge in [-0.25, -0.2) is 0 Å². The van der Waals surface area contributed by atoms with Gasteiger partial charge < -0.3 is 9.64 Å². The van der Waals surface area contributed by atoms with Gasteiger partial charge in [0.15, 0.2) is 5.60 Å². The molecule has 0 aromatic heterocycles. The van der Waals surface area contributed by atoms with Crippen molar-refractivity contribution in [1.82, 2.24) is 10.4 Å². The molecule has 1 aliphatic carbocycles. The lowest BCUT2D eigenvalue weighted by molar-refractivity contribution is 0.0725. The smallest absolute Gasteiger partial charge is 0.162 e. The van der Waals surface area contributed by atoms with Gasteiger partial charge in [0.1, 0.15) is 5.75 Å². The zero-order chi connectivity index (χ0) is 18.0. The number of nitrogens with one attached hydrogen (secondary N) is 1. The number of hydrogen-bond acceptors (Lipinski definition) is 4. The fourth-order valence-electron chi connectivity index (χ4n) is 3.59. The van der Waals surface area contributed by atoms with Crippen molar-refractivity contribution in [2.24, 2.45) is 0 Å². The van der Waals surface area contributed by atoms with Gasteiger partial charge in [0.25, 0.3) is 0 Å². The second-order valence-corrected chi connectivity index (χ2v) is 7.28. The van der Waals surface area contributed by atoms with Crippen LogP contribution >= 0.6 is 0 Å². The van der Waals surface area contributed by atoms with Crippen LogP contribution in [0.3, 0.4) is 0 Å². The summed E-state index contributed by atoms with van der Waals surface area (Å²) in [4.78, 5) is 8.01. The number of benzene rings is 2. The average Bonchev–Trinajstić information content (AvgIpc) is 3.39. The Bertz CT molecular complexity index is 801. The average molecular weight is 350 g/mol. The molecule has 1 aliphatic heterocycles. The number of nitrogens with zero attached hydrogens (tertiary/aromatic N) is 1. The van der Waals surface area contributed by atoms with Crippen molar-refractivity contribution in [3.63, 3.8) is 0 Å². The zero-order valence-electron chi connectivity index (χ0n) is 15.5. The summed E-state index contributed by atoms with van der Waals surface area (Å²) in [6, 6.07) is 18.6. The fourth-order valence-corrected chi connectivity index (χ4v) is 3.59. The van der Waals surface area contributed by atoms with Crippen molar-refractivity contribution in [2.45, 2.75) is 24.9 Å². The lowest BCUT2D eigenvalue weighted by Gasteiger charge is -2.26. The van der Waals surface area contributed by atoms with Crippen LogP contribution < -0.4 is 10.2 Å². The van der Waals surface area contributed by atoms with Crippen molar-refractivity contribution in [3.8, 4) is 5.75 Å². The van der Waals surface area contributed by atoms with E-state index in [1.165, 1.54) is 11.1 Å². The Kier molecular flexibility index (Phi) is 4.70. The molecule has 1 heterocycles. The molecule has 2 aromatic carbocycles. The Morgan fingerprint density at radius 2 is 1.81 bits per heavy atom. The van der Waals surface area contributed by atoms with Gasteiger partial charge in [-0.2, -0.15) is 0 Å². The summed E-state index contributed by atoms with van der Waals surface area (Å²) >= 11 is 0. The third kappa shape index (κ3) is 3.22. The van der Waals surface area contributed by atoms with Crippen LogP contribution in [0.1, 0.15) is 30.4 Å². The maximum absolute atomic E-state index is 6.42. The van der Waals surface area contributed by atoms with E-state index in [0.29, 0.717) is 6.61 Å². The van der Waals surface area contributed by atoms with Gasteiger partial charge in [0.05, 0.1) is 12.3 Å². The normalized spacial score (nSPS) is 20.4. The summed E-state index contributed by atoms with van der Waals surface area (Å²) in [6.45, 7) is 1.79. The summed E-state index contributed by atoms with van der Waals surface area (Å²) < 4.78 is 6.42. The predicted octanol–water partition coefficient (Wildman–Crippen LogP) is 3.95. The summed E-state index contributed by atoms with van der Waals surface area (Å²) in [5, 5.41) is 0. The maximum atomic E-state index is 6.42. The number of hydroxylamine groups is 1. The van der Waals surface area contributed by atoms with Crippen LogP contribution in [0.25, 0.3) is 5.70 Å². The van der Waals surface area contributed by atoms with Crippen LogP contribution in [0.4, 0.5) is 0 Å². The van der Waals surface area contributed by atoms with E-state index < -0.39 is 0 Å². The Hall–Kier alpha value is -2.30. The van der Waals surface area contributed by atoms with Crippen molar-refractivity contribution >= 4 is 5.70 Å². The minimum Gasteiger partial charge on any atom is -0.477 e. The second-order valence-electron chi connectivity index (χ2n) is 7.28. The third-order valence-electron chi connectivity index (χ3n) is 5.05. The minimum absolute atomic E-state index is 0.327. The Labute approximate surface area is 155 Å². The van der Waals surface area contributed by atoms with E-state index in [0.717, 1.165) is 42.8 Å². The SMILES string of the molecule is CN(C)CCCCONC1=C2CC2(c2ccccc2)Oc2ccccc21. The highest BCUT2D eigenvalue weighted by Gasteiger charge is 2.58. The van der Waals surface area contributed by atoms with Gasteiger partial charge in [-0.1, -0.05) is 42.5 Å². The third-order valence-corrected chi connectivity index (χ3v) is 5.05. The van der Waals surface area contributed by atoms with Crippen molar-refractivity contribution in [1.29, 1.82) is 0 Å². The summed E-state index contributed by atoms with van der Waals surface area (Å²) in [6.07, 6.45) is 3.07. The molecule has 4 rings (SSSR count). The molecule has 2 aromatic rings. The van der Waals surface area contributed by atoms with E-state index in [1.807, 2.05) is 24.3 Å². The molecule has 0 saturated heterocycles. The van der Waals surface area contributed by atoms with Gasteiger partial charge in [-0.3, -0.25) is 10.3 Å². The number of fused-ring (bicyclic) bond motifs is 2. The molecule has 4 nitrogen and oxygen atoms in total. The standard InChI is InChI=1S/C22H26N2O2/c1-24(2)14-8-9-15-25-23-21-18-12-6-7-13-20(18)26-22(16-19(21)22)17-10-4-3-5-11-17/h3-7,10-13,23H,8-9,14-16H2,1-2H3. The van der Waals surface area contributed by atoms with Crippen molar-refractivity contribution in [3.05, 3.63) is 71.3 Å². The summed E-state index contributed by atoms with van der Waals surface area (Å²) in [7, 11) is 4.20. The molecule has 26 heavy (non-hydrogen) atoms. The molecule has 1 saturated carbocycles. The summed E-state index contributed by atoms with van der Waals surface area (Å²) in [5.74, 6) is 0.913. The number of para-hydroxylation sites is 1. The van der Waals surface area contributed by atoms with Crippen LogP contribution in [0.15, 0.2) is 60.2 Å². The topological polar surface area (TPSA) is 33.7 Å². The molecule has 0 spiro atoms. The molecular formula is C22H26N2O2. The van der Waals surface area contributed by atoms with E-state index in [1.54, 1.807) is 0 Å². The molecule has 2 aliphatic rings. The Balaban J connectivity index is 1.50. The van der Waals surface area contributed by atoms with Gasteiger partial charge in [0, 0.05) is 23.1 Å². The van der Waals surface area contributed by atoms with Crippen LogP contribution in [0.2, 0.25) is 0 Å². The van der Waals surface area contributed by atoms with Crippen LogP contribution in [0.5, 0.6) is 5.75 Å². The van der Waals surface area contributed by atoms with Gasteiger partial charge in [0.2, 0.25) is 0 Å². The molecule has 4 heteroatoms. The molecule has 1 N–H and O–H groups in total. The molecular weight excluding hydrogens is 324 g/mol. The van der Waals surface area contributed by atoms with E-state index in [2.05, 4.69) is 54.8 Å². The molecule has 1 unspecified atom stereocenters. The molecule has 0 bridgehead atoms. The highest BCUT2D eigenvalue weighted by Crippen LogP contribution is 2.60. The van der Waals surface area contributed by atoms with Crippen molar-refractivity contribution in [2.75, 3.05) is 27.2 Å². The molecule has 136 valence electrons. The fraction of sp³-hybridized carbons (Fsp3) is 0.364. The van der Waals surface area contributed by atoms with Crippen LogP contribution in [-0.4, -0.2) is 32.1 Å². The maximum Gasteiger partial charge on any atom is 0.162 e. The molecule has 1 fully saturated rings. The van der Waals surface area contributed by atoms with Gasteiger partial charge in [-0.05, 0) is 45.6 Å². The minimum atomic E-state index is -0.327. The first-order valence-corrected chi connectivity index (χ1v) is 9.31. The predicted molar refractivity (Wildman–Crippen MR) is 104 cm³/mol. The first-order valence-electron chi connectivity index (χ1n) is 9.31. The number of unbranched alkanes of at least 4 members (excludes halogenated alkanes) is 1. The zero-order valence-corrected chi connectivity index (χ0v) is 15.5. The first kappa shape index (κ1) is 17.1. The number of ether oxygens (including phenoxy) is 1. The highest BCUT2D eigenvalue weighted by atomic mass is 16.6. The van der Waals surface area contributed by atoms with Crippen LogP contribution in [-0.2, 0) is 10.4 Å². The first-order chi connectivity index (χ1) is 12.7. The summed E-state index contributed by atoms with van der Waals surface area (Å²) in [5.41, 5.74) is 7.54. The van der Waals surface area contributed by atoms with E-state index in [4.69, 9.17) is 9.57 Å². The number of hydrogen-bond donors (Lipinski definition) is 1. The molecule has 1 atom stereocenters. The van der Waals surface area contributed by atoms with Gasteiger partial charge in [-0.15, -0.1) is 0 Å². The van der Waals surface area contributed by atoms with Crippen molar-refractivity contribution < 1.29 is 9.57 Å². The molecule has 0 radical (unpaired) electrons. The molecule has 0 amide bonds. The van der Waals surface area contributed by atoms with E-state index in [9.17, 15) is 0 Å². The quantitative estimate of drug-likeness (QED) is 0.577. The van der Waals surface area contributed by atoms with Gasteiger partial charge >= 0.3 is 0 Å². The van der Waals surface area contributed by atoms with Crippen LogP contribution in [0, 0.1) is 0 Å². The lowest BCUT2D eigenvalue weighted by Crippen LogP contribution is -2.24. The largest absolute Gasteiger partial charge is 0.477 e. The Morgan fingerprint density at radius 1 is 1.04 bits per heavy atom. The number of rotatable bonds is 8. The Morgan fingerprint density at radius 3 is 2.62 bits per heavy atom. The van der Waals surface area contributed by atoms with E-state index in [-0.39, 0.29) is 5.60 Å². The van der Waals surface area contributed by atoms with E-state index >= 15 is 0 Å². The second kappa shape index (κ2) is 7.14. The highest BCUT2D eigenvalue weighted by molar-refractivity contribution is 5.80. The lowest BCUT2D eigenvalue weighted by atomic mass is 10.0. The monoisotopic (exact) mass is 350 g/mol.